The third kappa shape index (κ3) is 2.67. The smallest absolute Gasteiger partial charge is 0.0754 e. The number of hydrogen-bond acceptors (Lipinski definition) is 3. The van der Waals surface area contributed by atoms with E-state index in [1.165, 1.54) is 22.0 Å². The van der Waals surface area contributed by atoms with Gasteiger partial charge in [0.15, 0.2) is 0 Å². The molecule has 0 amide bonds. The van der Waals surface area contributed by atoms with Gasteiger partial charge in [0.2, 0.25) is 0 Å². The zero-order chi connectivity index (χ0) is 14.7. The maximum Gasteiger partial charge on any atom is 0.0754 e. The molecule has 2 aromatic heterocycles. The van der Waals surface area contributed by atoms with Gasteiger partial charge in [-0.05, 0) is 36.0 Å². The van der Waals surface area contributed by atoms with Crippen LogP contribution in [0.3, 0.4) is 0 Å². The van der Waals surface area contributed by atoms with Gasteiger partial charge in [-0.15, -0.1) is 0 Å². The molecular formula is C17H20N4. The molecule has 0 saturated carbocycles. The minimum atomic E-state index is 0.130. The third-order valence-corrected chi connectivity index (χ3v) is 3.78. The van der Waals surface area contributed by atoms with Crippen LogP contribution in [0, 0.1) is 0 Å². The molecule has 3 aromatic rings. The van der Waals surface area contributed by atoms with E-state index in [2.05, 4.69) is 52.7 Å². The molecule has 0 aliphatic heterocycles. The van der Waals surface area contributed by atoms with Crippen LogP contribution in [0.25, 0.3) is 10.8 Å². The predicted molar refractivity (Wildman–Crippen MR) is 85.1 cm³/mol. The van der Waals surface area contributed by atoms with Gasteiger partial charge in [-0.2, -0.15) is 5.10 Å². The molecule has 0 aliphatic rings. The molecule has 1 aromatic carbocycles. The highest BCUT2D eigenvalue weighted by Crippen LogP contribution is 2.28. The summed E-state index contributed by atoms with van der Waals surface area (Å²) in [5.74, 6) is 0. The standard InChI is InChI=1S/C17H20N4/c1-3-9-19-17(16-8-11-20-21(16)2)14-6-4-5-13-7-10-18-12-15(13)14/h4-8,10-12,17,19H,3,9H2,1-2H3. The highest BCUT2D eigenvalue weighted by atomic mass is 15.3. The van der Waals surface area contributed by atoms with Gasteiger partial charge in [0.25, 0.3) is 0 Å². The van der Waals surface area contributed by atoms with Crippen molar-refractivity contribution in [2.75, 3.05) is 6.54 Å². The molecule has 0 spiro atoms. The van der Waals surface area contributed by atoms with E-state index in [4.69, 9.17) is 0 Å². The Hall–Kier alpha value is -2.20. The minimum Gasteiger partial charge on any atom is -0.305 e. The number of nitrogens with zero attached hydrogens (tertiary/aromatic N) is 3. The third-order valence-electron chi connectivity index (χ3n) is 3.78. The van der Waals surface area contributed by atoms with Gasteiger partial charge >= 0.3 is 0 Å². The van der Waals surface area contributed by atoms with Crippen molar-refractivity contribution in [1.29, 1.82) is 0 Å². The Morgan fingerprint density at radius 1 is 1.19 bits per heavy atom. The average molecular weight is 280 g/mol. The van der Waals surface area contributed by atoms with Crippen LogP contribution in [-0.4, -0.2) is 21.3 Å². The summed E-state index contributed by atoms with van der Waals surface area (Å²) < 4.78 is 1.93. The maximum absolute atomic E-state index is 4.31. The molecule has 0 fully saturated rings. The Balaban J connectivity index is 2.12. The van der Waals surface area contributed by atoms with Crippen molar-refractivity contribution in [1.82, 2.24) is 20.1 Å². The molecule has 3 rings (SSSR count). The van der Waals surface area contributed by atoms with Crippen LogP contribution in [0.5, 0.6) is 0 Å². The van der Waals surface area contributed by atoms with Crippen LogP contribution in [0.1, 0.15) is 30.6 Å². The van der Waals surface area contributed by atoms with Gasteiger partial charge in [-0.3, -0.25) is 9.67 Å². The van der Waals surface area contributed by atoms with Crippen molar-refractivity contribution in [2.45, 2.75) is 19.4 Å². The summed E-state index contributed by atoms with van der Waals surface area (Å²) in [6, 6.07) is 10.7. The first-order valence-corrected chi connectivity index (χ1v) is 7.35. The quantitative estimate of drug-likeness (QED) is 0.781. The highest BCUT2D eigenvalue weighted by Gasteiger charge is 2.18. The molecule has 1 unspecified atom stereocenters. The Kier molecular flexibility index (Phi) is 3.97. The molecule has 2 heterocycles. The topological polar surface area (TPSA) is 42.7 Å². The van der Waals surface area contributed by atoms with Crippen LogP contribution >= 0.6 is 0 Å². The fourth-order valence-electron chi connectivity index (χ4n) is 2.72. The second-order valence-electron chi connectivity index (χ2n) is 5.21. The van der Waals surface area contributed by atoms with E-state index in [0.29, 0.717) is 0 Å². The predicted octanol–water partition coefficient (Wildman–Crippen LogP) is 3.06. The normalized spacial score (nSPS) is 12.7. The fraction of sp³-hybridized carbons (Fsp3) is 0.294. The molecule has 1 atom stereocenters. The van der Waals surface area contributed by atoms with E-state index in [1.807, 2.05) is 30.3 Å². The maximum atomic E-state index is 4.31. The highest BCUT2D eigenvalue weighted by molar-refractivity contribution is 5.85. The van der Waals surface area contributed by atoms with Crippen LogP contribution in [0.4, 0.5) is 0 Å². The van der Waals surface area contributed by atoms with Gasteiger partial charge in [0.1, 0.15) is 0 Å². The molecule has 21 heavy (non-hydrogen) atoms. The summed E-state index contributed by atoms with van der Waals surface area (Å²) in [6.45, 7) is 3.14. The number of benzene rings is 1. The van der Waals surface area contributed by atoms with E-state index >= 15 is 0 Å². The first-order chi connectivity index (χ1) is 10.3. The second-order valence-corrected chi connectivity index (χ2v) is 5.21. The lowest BCUT2D eigenvalue weighted by Gasteiger charge is -2.21. The van der Waals surface area contributed by atoms with Gasteiger partial charge < -0.3 is 5.32 Å². The Morgan fingerprint density at radius 3 is 2.86 bits per heavy atom. The molecule has 0 saturated heterocycles. The van der Waals surface area contributed by atoms with Crippen molar-refractivity contribution < 1.29 is 0 Å². The Bertz CT molecular complexity index is 727. The van der Waals surface area contributed by atoms with Crippen LogP contribution in [0.15, 0.2) is 48.9 Å². The average Bonchev–Trinajstić information content (AvgIpc) is 2.94. The summed E-state index contributed by atoms with van der Waals surface area (Å²) in [6.07, 6.45) is 6.73. The molecule has 4 nitrogen and oxygen atoms in total. The molecule has 1 N–H and O–H groups in total. The van der Waals surface area contributed by atoms with Crippen LogP contribution < -0.4 is 5.32 Å². The Labute approximate surface area is 124 Å². The minimum absolute atomic E-state index is 0.130. The van der Waals surface area contributed by atoms with Gasteiger partial charge in [-0.25, -0.2) is 0 Å². The van der Waals surface area contributed by atoms with Crippen LogP contribution in [0.2, 0.25) is 0 Å². The summed E-state index contributed by atoms with van der Waals surface area (Å²) in [5, 5.41) is 10.4. The molecular weight excluding hydrogens is 260 g/mol. The fourth-order valence-corrected chi connectivity index (χ4v) is 2.72. The van der Waals surface area contributed by atoms with E-state index in [0.717, 1.165) is 13.0 Å². The van der Waals surface area contributed by atoms with E-state index < -0.39 is 0 Å². The second kappa shape index (κ2) is 6.06. The summed E-state index contributed by atoms with van der Waals surface area (Å²) in [7, 11) is 1.99. The summed E-state index contributed by atoms with van der Waals surface area (Å²) in [4.78, 5) is 4.29. The largest absolute Gasteiger partial charge is 0.305 e. The SMILES string of the molecule is CCCNC(c1cccc2ccncc12)c1ccnn1C. The summed E-state index contributed by atoms with van der Waals surface area (Å²) in [5.41, 5.74) is 2.41. The number of pyridine rings is 1. The number of aryl methyl sites for hydroxylation is 1. The zero-order valence-electron chi connectivity index (χ0n) is 12.5. The van der Waals surface area contributed by atoms with Gasteiger partial charge in [-0.1, -0.05) is 25.1 Å². The van der Waals surface area contributed by atoms with E-state index in [-0.39, 0.29) is 6.04 Å². The van der Waals surface area contributed by atoms with Crippen molar-refractivity contribution in [3.05, 3.63) is 60.2 Å². The first-order valence-electron chi connectivity index (χ1n) is 7.35. The number of rotatable bonds is 5. The van der Waals surface area contributed by atoms with Crippen LogP contribution in [-0.2, 0) is 7.05 Å². The number of aromatic nitrogens is 3. The monoisotopic (exact) mass is 280 g/mol. The number of nitrogens with one attached hydrogen (secondary N) is 1. The van der Waals surface area contributed by atoms with Crippen molar-refractivity contribution in [3.8, 4) is 0 Å². The number of hydrogen-bond donors (Lipinski definition) is 1. The lowest BCUT2D eigenvalue weighted by molar-refractivity contribution is 0.556. The molecule has 0 aliphatic carbocycles. The first kappa shape index (κ1) is 13.8. The van der Waals surface area contributed by atoms with Crippen molar-refractivity contribution in [3.63, 3.8) is 0 Å². The molecule has 0 bridgehead atoms. The molecule has 4 heteroatoms. The Morgan fingerprint density at radius 2 is 2.10 bits per heavy atom. The van der Waals surface area contributed by atoms with Crippen molar-refractivity contribution >= 4 is 10.8 Å². The van der Waals surface area contributed by atoms with Crippen molar-refractivity contribution in [2.24, 2.45) is 7.05 Å². The van der Waals surface area contributed by atoms with Gasteiger partial charge in [0.05, 0.1) is 11.7 Å². The number of fused-ring (bicyclic) bond motifs is 1. The van der Waals surface area contributed by atoms with Gasteiger partial charge in [0, 0.05) is 31.0 Å². The summed E-state index contributed by atoms with van der Waals surface area (Å²) >= 11 is 0. The van der Waals surface area contributed by atoms with E-state index in [9.17, 15) is 0 Å². The molecule has 108 valence electrons. The zero-order valence-corrected chi connectivity index (χ0v) is 12.5. The van der Waals surface area contributed by atoms with E-state index in [1.54, 1.807) is 0 Å². The lowest BCUT2D eigenvalue weighted by atomic mass is 9.98. The molecule has 0 radical (unpaired) electrons. The lowest BCUT2D eigenvalue weighted by Crippen LogP contribution is -2.25.